The molecule has 134 valence electrons. The van der Waals surface area contributed by atoms with Crippen LogP contribution in [0, 0.1) is 13.8 Å². The Kier molecular flexibility index (Phi) is 3.96. The fourth-order valence-electron chi connectivity index (χ4n) is 4.52. The molecule has 3 aromatic rings. The number of benzene rings is 3. The first-order chi connectivity index (χ1) is 12.9. The quantitative estimate of drug-likeness (QED) is 0.457. The molecule has 27 heavy (non-hydrogen) atoms. The molecule has 0 N–H and O–H groups in total. The van der Waals surface area contributed by atoms with Crippen LogP contribution >= 0.6 is 0 Å². The molecule has 0 saturated heterocycles. The van der Waals surface area contributed by atoms with E-state index in [1.165, 1.54) is 55.6 Å². The second kappa shape index (κ2) is 6.09. The molecule has 0 amide bonds. The van der Waals surface area contributed by atoms with Crippen molar-refractivity contribution in [2.45, 2.75) is 33.1 Å². The second-order valence-electron chi connectivity index (χ2n) is 8.13. The molecule has 1 aliphatic carbocycles. The van der Waals surface area contributed by atoms with Crippen molar-refractivity contribution in [2.24, 2.45) is 0 Å². The van der Waals surface area contributed by atoms with Gasteiger partial charge in [0, 0.05) is 5.41 Å². The van der Waals surface area contributed by atoms with Crippen molar-refractivity contribution in [1.29, 1.82) is 0 Å². The zero-order valence-electron chi connectivity index (χ0n) is 16.7. The first-order valence-corrected chi connectivity index (χ1v) is 9.53. The summed E-state index contributed by atoms with van der Waals surface area (Å²) in [4.78, 5) is 0. The topological polar surface area (TPSA) is 0 Å². The van der Waals surface area contributed by atoms with E-state index in [4.69, 9.17) is 0 Å². The monoisotopic (exact) mass is 350 g/mol. The van der Waals surface area contributed by atoms with Gasteiger partial charge in [0.1, 0.15) is 0 Å². The van der Waals surface area contributed by atoms with Crippen LogP contribution in [0.5, 0.6) is 0 Å². The molecule has 0 fully saturated rings. The number of aryl methyl sites for hydroxylation is 2. The average Bonchev–Trinajstić information content (AvgIpc) is 2.87. The predicted octanol–water partition coefficient (Wildman–Crippen LogP) is 7.56. The van der Waals surface area contributed by atoms with Crippen LogP contribution in [-0.4, -0.2) is 0 Å². The molecule has 0 nitrogen and oxygen atoms in total. The van der Waals surface area contributed by atoms with Gasteiger partial charge in [0.25, 0.3) is 0 Å². The molecule has 4 rings (SSSR count). The van der Waals surface area contributed by atoms with Crippen molar-refractivity contribution in [3.63, 3.8) is 0 Å². The van der Waals surface area contributed by atoms with E-state index >= 15 is 0 Å². The predicted molar refractivity (Wildman–Crippen MR) is 119 cm³/mol. The molecular weight excluding hydrogens is 324 g/mol. The lowest BCUT2D eigenvalue weighted by molar-refractivity contribution is 0.660. The summed E-state index contributed by atoms with van der Waals surface area (Å²) in [5.41, 5.74) is 12.8. The SMILES string of the molecule is C=Cc1c(-c2cccc(C)c2)cc2c(c1C=C)-c1ccc(C)cc1C2(C)C. The Balaban J connectivity index is 2.13. The normalized spacial score (nSPS) is 13.8. The molecule has 0 bridgehead atoms. The Morgan fingerprint density at radius 1 is 0.741 bits per heavy atom. The van der Waals surface area contributed by atoms with Gasteiger partial charge in [0.05, 0.1) is 0 Å². The highest BCUT2D eigenvalue weighted by Crippen LogP contribution is 2.53. The lowest BCUT2D eigenvalue weighted by Gasteiger charge is -2.24. The summed E-state index contributed by atoms with van der Waals surface area (Å²) in [5.74, 6) is 0. The number of hydrogen-bond donors (Lipinski definition) is 0. The zero-order valence-corrected chi connectivity index (χ0v) is 16.7. The third-order valence-corrected chi connectivity index (χ3v) is 5.94. The van der Waals surface area contributed by atoms with Crippen LogP contribution in [-0.2, 0) is 5.41 Å². The first kappa shape index (κ1) is 17.5. The van der Waals surface area contributed by atoms with Crippen molar-refractivity contribution < 1.29 is 0 Å². The van der Waals surface area contributed by atoms with Crippen LogP contribution in [0.15, 0.2) is 61.7 Å². The molecule has 1 aliphatic rings. The Morgan fingerprint density at radius 3 is 2.11 bits per heavy atom. The van der Waals surface area contributed by atoms with Gasteiger partial charge in [-0.1, -0.05) is 92.7 Å². The van der Waals surface area contributed by atoms with E-state index in [1.807, 2.05) is 12.2 Å². The van der Waals surface area contributed by atoms with Crippen LogP contribution in [0.25, 0.3) is 34.4 Å². The summed E-state index contributed by atoms with van der Waals surface area (Å²) in [6.07, 6.45) is 3.98. The minimum absolute atomic E-state index is 0.0350. The molecular formula is C27H26. The van der Waals surface area contributed by atoms with Crippen molar-refractivity contribution in [3.8, 4) is 22.3 Å². The second-order valence-corrected chi connectivity index (χ2v) is 8.13. The van der Waals surface area contributed by atoms with Gasteiger partial charge in [-0.05, 0) is 64.4 Å². The number of rotatable bonds is 3. The molecule has 0 radical (unpaired) electrons. The van der Waals surface area contributed by atoms with Crippen molar-refractivity contribution in [2.75, 3.05) is 0 Å². The third kappa shape index (κ3) is 2.51. The fraction of sp³-hybridized carbons (Fsp3) is 0.185. The number of fused-ring (bicyclic) bond motifs is 3. The minimum atomic E-state index is -0.0350. The van der Waals surface area contributed by atoms with Crippen LogP contribution < -0.4 is 0 Å². The summed E-state index contributed by atoms with van der Waals surface area (Å²) in [7, 11) is 0. The van der Waals surface area contributed by atoms with Gasteiger partial charge in [-0.25, -0.2) is 0 Å². The summed E-state index contributed by atoms with van der Waals surface area (Å²) in [5, 5.41) is 0. The zero-order chi connectivity index (χ0) is 19.3. The smallest absolute Gasteiger partial charge is 0.0159 e. The summed E-state index contributed by atoms with van der Waals surface area (Å²) in [6, 6.07) is 17.9. The van der Waals surface area contributed by atoms with E-state index in [-0.39, 0.29) is 5.41 Å². The van der Waals surface area contributed by atoms with E-state index in [2.05, 4.69) is 89.4 Å². The maximum atomic E-state index is 4.16. The van der Waals surface area contributed by atoms with Gasteiger partial charge in [0.15, 0.2) is 0 Å². The van der Waals surface area contributed by atoms with Crippen LogP contribution in [0.2, 0.25) is 0 Å². The van der Waals surface area contributed by atoms with Crippen LogP contribution in [0.1, 0.15) is 47.2 Å². The minimum Gasteiger partial charge on any atom is -0.0984 e. The van der Waals surface area contributed by atoms with Crippen molar-refractivity contribution in [1.82, 2.24) is 0 Å². The maximum Gasteiger partial charge on any atom is 0.0159 e. The van der Waals surface area contributed by atoms with Gasteiger partial charge >= 0.3 is 0 Å². The molecule has 0 unspecified atom stereocenters. The molecule has 0 heterocycles. The van der Waals surface area contributed by atoms with Crippen LogP contribution in [0.3, 0.4) is 0 Å². The lowest BCUT2D eigenvalue weighted by atomic mass is 9.79. The molecule has 0 heteroatoms. The van der Waals surface area contributed by atoms with E-state index in [0.29, 0.717) is 0 Å². The standard InChI is InChI=1S/C27H26/c1-7-20-21(8-2)26-22-13-12-18(4)15-24(22)27(5,6)25(26)16-23(20)19-11-9-10-17(3)14-19/h7-16H,1-2H2,3-6H3. The summed E-state index contributed by atoms with van der Waals surface area (Å²) >= 11 is 0. The largest absolute Gasteiger partial charge is 0.0984 e. The molecule has 0 aromatic heterocycles. The van der Waals surface area contributed by atoms with Crippen LogP contribution in [0.4, 0.5) is 0 Å². The van der Waals surface area contributed by atoms with E-state index in [9.17, 15) is 0 Å². The Morgan fingerprint density at radius 2 is 1.44 bits per heavy atom. The van der Waals surface area contributed by atoms with Gasteiger partial charge in [-0.2, -0.15) is 0 Å². The summed E-state index contributed by atoms with van der Waals surface area (Å²) < 4.78 is 0. The Bertz CT molecular complexity index is 1090. The van der Waals surface area contributed by atoms with E-state index in [1.54, 1.807) is 0 Å². The van der Waals surface area contributed by atoms with Gasteiger partial charge in [0.2, 0.25) is 0 Å². The van der Waals surface area contributed by atoms with Gasteiger partial charge in [-0.15, -0.1) is 0 Å². The van der Waals surface area contributed by atoms with Crippen molar-refractivity contribution in [3.05, 3.63) is 95.1 Å². The fourth-order valence-corrected chi connectivity index (χ4v) is 4.52. The van der Waals surface area contributed by atoms with Crippen molar-refractivity contribution >= 4 is 12.2 Å². The average molecular weight is 351 g/mol. The van der Waals surface area contributed by atoms with E-state index in [0.717, 1.165) is 0 Å². The molecule has 0 saturated carbocycles. The maximum absolute atomic E-state index is 4.16. The number of hydrogen-bond acceptors (Lipinski definition) is 0. The third-order valence-electron chi connectivity index (χ3n) is 5.94. The Labute approximate surface area is 162 Å². The molecule has 0 spiro atoms. The lowest BCUT2D eigenvalue weighted by Crippen LogP contribution is -2.15. The van der Waals surface area contributed by atoms with Gasteiger partial charge in [-0.3, -0.25) is 0 Å². The highest BCUT2D eigenvalue weighted by Gasteiger charge is 2.37. The molecule has 3 aromatic carbocycles. The first-order valence-electron chi connectivity index (χ1n) is 9.53. The van der Waals surface area contributed by atoms with Gasteiger partial charge < -0.3 is 0 Å². The van der Waals surface area contributed by atoms with E-state index < -0.39 is 0 Å². The highest BCUT2D eigenvalue weighted by molar-refractivity contribution is 5.95. The summed E-state index contributed by atoms with van der Waals surface area (Å²) in [6.45, 7) is 17.3. The molecule has 0 atom stereocenters. The molecule has 0 aliphatic heterocycles. The highest BCUT2D eigenvalue weighted by atomic mass is 14.4. The Hall–Kier alpha value is -2.86.